The van der Waals surface area contributed by atoms with Crippen LogP contribution >= 0.6 is 0 Å². The monoisotopic (exact) mass is 305 g/mol. The van der Waals surface area contributed by atoms with Crippen molar-refractivity contribution < 1.29 is 20.1 Å². The average Bonchev–Trinajstić information content (AvgIpc) is 3.03. The van der Waals surface area contributed by atoms with Gasteiger partial charge >= 0.3 is 0 Å². The van der Waals surface area contributed by atoms with Crippen LogP contribution in [0.2, 0.25) is 0 Å². The third kappa shape index (κ3) is 1.66. The lowest BCUT2D eigenvalue weighted by Crippen LogP contribution is -2.44. The molecule has 1 fully saturated rings. The number of fused-ring (bicyclic) bond motifs is 1. The van der Waals surface area contributed by atoms with Crippen molar-refractivity contribution in [1.82, 2.24) is 14.6 Å². The predicted octanol–water partition coefficient (Wildman–Crippen LogP) is -1.47. The molecule has 2 aromatic heterocycles. The Hall–Kier alpha value is -2.25. The fourth-order valence-electron chi connectivity index (χ4n) is 2.75. The van der Waals surface area contributed by atoms with E-state index in [-0.39, 0.29) is 11.5 Å². The maximum Gasteiger partial charge on any atom is 0.225 e. The highest BCUT2D eigenvalue weighted by Gasteiger charge is 2.62. The molecule has 3 heterocycles. The molecule has 5 N–H and O–H groups in total. The van der Waals surface area contributed by atoms with Gasteiger partial charge in [-0.05, 0) is 19.1 Å². The van der Waals surface area contributed by atoms with Gasteiger partial charge < -0.3 is 25.8 Å². The molecule has 22 heavy (non-hydrogen) atoms. The third-order valence-electron chi connectivity index (χ3n) is 4.08. The van der Waals surface area contributed by atoms with Crippen LogP contribution in [0.5, 0.6) is 0 Å². The van der Waals surface area contributed by atoms with E-state index in [1.165, 1.54) is 23.8 Å². The molecular weight excluding hydrogens is 290 g/mol. The number of nitriles is 1. The highest BCUT2D eigenvalue weighted by atomic mass is 16.6. The lowest BCUT2D eigenvalue weighted by Gasteiger charge is -2.27. The summed E-state index contributed by atoms with van der Waals surface area (Å²) in [4.78, 5) is 3.84. The lowest BCUT2D eigenvalue weighted by molar-refractivity contribution is -0.124. The van der Waals surface area contributed by atoms with Crippen molar-refractivity contribution in [2.75, 3.05) is 12.3 Å². The van der Waals surface area contributed by atoms with Gasteiger partial charge in [0.1, 0.15) is 35.7 Å². The van der Waals surface area contributed by atoms with Gasteiger partial charge in [-0.3, -0.25) is 0 Å². The molecule has 116 valence electrons. The van der Waals surface area contributed by atoms with Crippen LogP contribution in [-0.2, 0) is 10.3 Å². The second-order valence-electron chi connectivity index (χ2n) is 5.47. The Labute approximate surface area is 125 Å². The molecule has 0 aromatic carbocycles. The normalized spacial score (nSPS) is 34.9. The summed E-state index contributed by atoms with van der Waals surface area (Å²) >= 11 is 0. The van der Waals surface area contributed by atoms with Gasteiger partial charge in [0.25, 0.3) is 0 Å². The van der Waals surface area contributed by atoms with E-state index in [4.69, 9.17) is 10.5 Å². The van der Waals surface area contributed by atoms with Crippen LogP contribution in [-0.4, -0.2) is 54.3 Å². The van der Waals surface area contributed by atoms with Gasteiger partial charge in [0.05, 0.1) is 12.3 Å². The highest BCUT2D eigenvalue weighted by molar-refractivity contribution is 5.66. The van der Waals surface area contributed by atoms with Crippen molar-refractivity contribution in [2.45, 2.75) is 30.3 Å². The van der Waals surface area contributed by atoms with E-state index >= 15 is 0 Å². The predicted molar refractivity (Wildman–Crippen MR) is 73.3 cm³/mol. The minimum absolute atomic E-state index is 0.197. The maximum absolute atomic E-state index is 10.4. The number of aromatic nitrogens is 3. The van der Waals surface area contributed by atoms with Crippen LogP contribution in [0.15, 0.2) is 18.5 Å². The number of nitrogens with two attached hydrogens (primary N) is 1. The molecule has 4 atom stereocenters. The van der Waals surface area contributed by atoms with Gasteiger partial charge in [0, 0.05) is 0 Å². The fraction of sp³-hybridized carbons (Fsp3) is 0.462. The summed E-state index contributed by atoms with van der Waals surface area (Å²) in [5.74, 6) is 0.201. The van der Waals surface area contributed by atoms with Crippen molar-refractivity contribution >= 4 is 11.3 Å². The molecule has 2 aromatic rings. The maximum atomic E-state index is 10.4. The number of nitrogen functional groups attached to an aromatic ring is 1. The van der Waals surface area contributed by atoms with E-state index in [1.807, 2.05) is 6.07 Å². The van der Waals surface area contributed by atoms with Gasteiger partial charge in [0.2, 0.25) is 5.60 Å². The Kier molecular flexibility index (Phi) is 3.08. The number of anilines is 1. The van der Waals surface area contributed by atoms with Crippen molar-refractivity contribution in [1.29, 1.82) is 5.26 Å². The molecule has 1 aliphatic rings. The van der Waals surface area contributed by atoms with E-state index in [0.29, 0.717) is 5.52 Å². The molecule has 0 radical (unpaired) electrons. The highest BCUT2D eigenvalue weighted by Crippen LogP contribution is 2.44. The number of rotatable bonds is 2. The lowest BCUT2D eigenvalue weighted by atomic mass is 9.90. The number of aliphatic hydroxyl groups excluding tert-OH is 3. The van der Waals surface area contributed by atoms with Crippen LogP contribution < -0.4 is 5.73 Å². The van der Waals surface area contributed by atoms with Crippen LogP contribution in [0.1, 0.15) is 12.6 Å². The molecule has 0 bridgehead atoms. The topological polar surface area (TPSA) is 150 Å². The van der Waals surface area contributed by atoms with E-state index in [1.54, 1.807) is 6.07 Å². The first-order chi connectivity index (χ1) is 10.4. The zero-order chi connectivity index (χ0) is 16.1. The summed E-state index contributed by atoms with van der Waals surface area (Å²) in [7, 11) is 0. The number of hydrogen-bond donors (Lipinski definition) is 4. The van der Waals surface area contributed by atoms with Crippen LogP contribution in [0.4, 0.5) is 5.82 Å². The first-order valence-corrected chi connectivity index (χ1v) is 6.57. The molecule has 0 unspecified atom stereocenters. The second kappa shape index (κ2) is 4.62. The van der Waals surface area contributed by atoms with Crippen molar-refractivity contribution in [3.8, 4) is 6.07 Å². The van der Waals surface area contributed by atoms with Crippen LogP contribution in [0, 0.1) is 11.3 Å². The van der Waals surface area contributed by atoms with Gasteiger partial charge in [0.15, 0.2) is 5.82 Å². The summed E-state index contributed by atoms with van der Waals surface area (Å²) in [5, 5.41) is 43.6. The van der Waals surface area contributed by atoms with Gasteiger partial charge in [-0.2, -0.15) is 10.4 Å². The summed E-state index contributed by atoms with van der Waals surface area (Å²) in [5.41, 5.74) is 3.02. The Bertz CT molecular complexity index is 771. The van der Waals surface area contributed by atoms with Gasteiger partial charge in [-0.25, -0.2) is 9.50 Å². The fourth-order valence-corrected chi connectivity index (χ4v) is 2.75. The van der Waals surface area contributed by atoms with Crippen molar-refractivity contribution in [3.05, 3.63) is 24.2 Å². The molecule has 0 amide bonds. The van der Waals surface area contributed by atoms with Crippen molar-refractivity contribution in [2.24, 2.45) is 0 Å². The van der Waals surface area contributed by atoms with E-state index in [9.17, 15) is 20.6 Å². The summed E-state index contributed by atoms with van der Waals surface area (Å²) in [6.45, 7) is 0.855. The van der Waals surface area contributed by atoms with Crippen LogP contribution in [0.25, 0.3) is 5.52 Å². The Balaban J connectivity index is 2.23. The Morgan fingerprint density at radius 1 is 1.45 bits per heavy atom. The summed E-state index contributed by atoms with van der Waals surface area (Å²) in [6.07, 6.45) is -1.80. The van der Waals surface area contributed by atoms with Crippen LogP contribution in [0.3, 0.4) is 0 Å². The van der Waals surface area contributed by atoms with E-state index in [2.05, 4.69) is 10.1 Å². The largest absolute Gasteiger partial charge is 0.393 e. The molecule has 0 spiro atoms. The quantitative estimate of drug-likeness (QED) is 0.525. The third-order valence-corrected chi connectivity index (χ3v) is 4.08. The summed E-state index contributed by atoms with van der Waals surface area (Å²) in [6, 6.07) is 5.00. The minimum atomic E-state index is -1.88. The molecule has 3 rings (SSSR count). The molecule has 1 saturated heterocycles. The van der Waals surface area contributed by atoms with Gasteiger partial charge in [-0.15, -0.1) is 0 Å². The molecule has 0 aliphatic carbocycles. The van der Waals surface area contributed by atoms with Gasteiger partial charge in [-0.1, -0.05) is 0 Å². The molecule has 1 aliphatic heterocycles. The number of aliphatic hydroxyl groups is 3. The van der Waals surface area contributed by atoms with E-state index in [0.717, 1.165) is 0 Å². The standard InChI is InChI=1S/C13H15N5O4/c1-12(5-19)9(20)10(21)13(4-14,22-12)8-3-2-7-11(15)16-6-17-18(7)8/h2-3,6,9-10,19-21H,5H2,1H3,(H2,15,16,17)/t9-,10+,12+,13-/m0/s1. The first-order valence-electron chi connectivity index (χ1n) is 6.57. The van der Waals surface area contributed by atoms with Crippen molar-refractivity contribution in [3.63, 3.8) is 0 Å². The molecule has 9 heteroatoms. The van der Waals surface area contributed by atoms with E-state index < -0.39 is 30.0 Å². The summed E-state index contributed by atoms with van der Waals surface area (Å²) < 4.78 is 6.94. The minimum Gasteiger partial charge on any atom is -0.393 e. The SMILES string of the molecule is C[C@]1(CO)O[C@@](C#N)(c2ccc3c(N)ncnn23)[C@H](O)[C@@H]1O. The first kappa shape index (κ1) is 14.7. The zero-order valence-electron chi connectivity index (χ0n) is 11.7. The number of nitrogens with zero attached hydrogens (tertiary/aromatic N) is 4. The molecule has 0 saturated carbocycles. The smallest absolute Gasteiger partial charge is 0.225 e. The average molecular weight is 305 g/mol. The molecule has 9 nitrogen and oxygen atoms in total. The number of hydrogen-bond acceptors (Lipinski definition) is 8. The molecular formula is C13H15N5O4. The zero-order valence-corrected chi connectivity index (χ0v) is 11.7. The second-order valence-corrected chi connectivity index (χ2v) is 5.47. The number of ether oxygens (including phenoxy) is 1. The Morgan fingerprint density at radius 3 is 2.77 bits per heavy atom. The Morgan fingerprint density at radius 2 is 2.18 bits per heavy atom.